The Morgan fingerprint density at radius 3 is 2.90 bits per heavy atom. The van der Waals surface area contributed by atoms with Crippen LogP contribution < -0.4 is 10.6 Å². The topological polar surface area (TPSA) is 64.9 Å². The number of nitriles is 1. The van der Waals surface area contributed by atoms with E-state index in [1.54, 1.807) is 12.1 Å². The van der Waals surface area contributed by atoms with Gasteiger partial charge in [0.15, 0.2) is 0 Å². The highest BCUT2D eigenvalue weighted by Crippen LogP contribution is 2.55. The van der Waals surface area contributed by atoms with Crippen molar-refractivity contribution >= 4 is 6.03 Å². The van der Waals surface area contributed by atoms with Crippen LogP contribution in [0.4, 0.5) is 4.79 Å². The summed E-state index contributed by atoms with van der Waals surface area (Å²) in [5, 5.41) is 14.9. The maximum atomic E-state index is 12.0. The van der Waals surface area contributed by atoms with Crippen LogP contribution in [-0.4, -0.2) is 11.6 Å². The lowest BCUT2D eigenvalue weighted by Gasteiger charge is -2.39. The average Bonchev–Trinajstić information content (AvgIpc) is 2.88. The highest BCUT2D eigenvalue weighted by Gasteiger charge is 2.54. The molecule has 0 spiro atoms. The van der Waals surface area contributed by atoms with Crippen molar-refractivity contribution in [2.75, 3.05) is 0 Å². The second-order valence-electron chi connectivity index (χ2n) is 6.25. The molecule has 2 bridgehead atoms. The Balaban J connectivity index is 1.51. The minimum absolute atomic E-state index is 0.0582. The highest BCUT2D eigenvalue weighted by molar-refractivity contribution is 5.75. The number of fused-ring (bicyclic) bond motifs is 1. The van der Waals surface area contributed by atoms with Crippen LogP contribution in [0.1, 0.15) is 37.3 Å². The second-order valence-corrected chi connectivity index (χ2v) is 6.25. The van der Waals surface area contributed by atoms with E-state index in [-0.39, 0.29) is 11.6 Å². The smallest absolute Gasteiger partial charge is 0.315 e. The number of hydrogen-bond acceptors (Lipinski definition) is 2. The zero-order chi connectivity index (χ0) is 14.2. The van der Waals surface area contributed by atoms with Crippen molar-refractivity contribution in [3.05, 3.63) is 35.4 Å². The molecule has 0 heterocycles. The summed E-state index contributed by atoms with van der Waals surface area (Å²) in [6, 6.07) is 9.32. The van der Waals surface area contributed by atoms with Crippen LogP contribution >= 0.6 is 0 Å². The molecule has 3 saturated carbocycles. The van der Waals surface area contributed by atoms with Crippen molar-refractivity contribution in [2.45, 2.75) is 38.3 Å². The Labute approximate surface area is 119 Å². The first kappa shape index (κ1) is 13.0. The molecule has 0 radical (unpaired) electrons. The highest BCUT2D eigenvalue weighted by atomic mass is 16.2. The van der Waals surface area contributed by atoms with Crippen LogP contribution in [0.25, 0.3) is 0 Å². The van der Waals surface area contributed by atoms with Gasteiger partial charge in [0.1, 0.15) is 0 Å². The monoisotopic (exact) mass is 269 g/mol. The van der Waals surface area contributed by atoms with Crippen LogP contribution in [0.5, 0.6) is 0 Å². The predicted molar refractivity (Wildman–Crippen MR) is 75.8 cm³/mol. The first-order valence-electron chi connectivity index (χ1n) is 7.15. The van der Waals surface area contributed by atoms with Crippen LogP contribution in [0, 0.1) is 23.2 Å². The van der Waals surface area contributed by atoms with Crippen molar-refractivity contribution in [1.29, 1.82) is 5.26 Å². The quantitative estimate of drug-likeness (QED) is 0.885. The molecule has 104 valence electrons. The van der Waals surface area contributed by atoms with Gasteiger partial charge in [0, 0.05) is 12.1 Å². The molecule has 3 aliphatic carbocycles. The van der Waals surface area contributed by atoms with Gasteiger partial charge in [0.05, 0.1) is 11.6 Å². The summed E-state index contributed by atoms with van der Waals surface area (Å²) >= 11 is 0. The number of benzene rings is 1. The van der Waals surface area contributed by atoms with E-state index in [1.807, 2.05) is 12.1 Å². The minimum atomic E-state index is -0.0973. The third-order valence-corrected chi connectivity index (χ3v) is 4.71. The Morgan fingerprint density at radius 2 is 2.25 bits per heavy atom. The number of nitrogens with zero attached hydrogens (tertiary/aromatic N) is 1. The zero-order valence-corrected chi connectivity index (χ0v) is 11.6. The number of urea groups is 1. The van der Waals surface area contributed by atoms with E-state index in [1.165, 1.54) is 0 Å². The van der Waals surface area contributed by atoms with Gasteiger partial charge in [-0.3, -0.25) is 0 Å². The molecule has 2 N–H and O–H groups in total. The molecule has 4 rings (SSSR count). The molecular formula is C16H19N3O. The molecule has 4 heteroatoms. The van der Waals surface area contributed by atoms with Gasteiger partial charge < -0.3 is 10.6 Å². The Bertz CT molecular complexity index is 569. The first-order valence-corrected chi connectivity index (χ1v) is 7.15. The van der Waals surface area contributed by atoms with Gasteiger partial charge in [-0.1, -0.05) is 19.1 Å². The third-order valence-electron chi connectivity index (χ3n) is 4.71. The lowest BCUT2D eigenvalue weighted by Crippen LogP contribution is -2.54. The predicted octanol–water partition coefficient (Wildman–Crippen LogP) is 2.55. The fraction of sp³-hybridized carbons (Fsp3) is 0.500. The fourth-order valence-electron chi connectivity index (χ4n) is 3.67. The summed E-state index contributed by atoms with van der Waals surface area (Å²) in [6.07, 6.45) is 3.37. The second kappa shape index (κ2) is 4.82. The number of amides is 2. The molecule has 1 aromatic rings. The lowest BCUT2D eigenvalue weighted by molar-refractivity contribution is 0.177. The maximum Gasteiger partial charge on any atom is 0.315 e. The van der Waals surface area contributed by atoms with Crippen molar-refractivity contribution in [1.82, 2.24) is 10.6 Å². The van der Waals surface area contributed by atoms with Gasteiger partial charge in [-0.2, -0.15) is 5.26 Å². The molecule has 0 aliphatic heterocycles. The number of rotatable bonds is 3. The van der Waals surface area contributed by atoms with Crippen LogP contribution in [0.15, 0.2) is 24.3 Å². The summed E-state index contributed by atoms with van der Waals surface area (Å²) in [5.74, 6) is 1.55. The summed E-state index contributed by atoms with van der Waals surface area (Å²) in [7, 11) is 0. The summed E-state index contributed by atoms with van der Waals surface area (Å²) in [5.41, 5.74) is 1.63. The van der Waals surface area contributed by atoms with E-state index >= 15 is 0 Å². The average molecular weight is 269 g/mol. The molecular weight excluding hydrogens is 250 g/mol. The minimum Gasteiger partial charge on any atom is -0.334 e. The number of carbonyl (C=O) groups excluding carboxylic acids is 1. The third kappa shape index (κ3) is 2.36. The summed E-state index contributed by atoms with van der Waals surface area (Å²) < 4.78 is 0. The molecule has 0 aromatic heterocycles. The number of nitrogens with one attached hydrogen (secondary N) is 2. The van der Waals surface area contributed by atoms with Crippen molar-refractivity contribution in [2.24, 2.45) is 11.8 Å². The molecule has 3 aliphatic rings. The van der Waals surface area contributed by atoms with Crippen molar-refractivity contribution < 1.29 is 4.79 Å². The molecule has 2 amide bonds. The van der Waals surface area contributed by atoms with Gasteiger partial charge in [0.25, 0.3) is 0 Å². The van der Waals surface area contributed by atoms with E-state index in [0.717, 1.165) is 36.7 Å². The van der Waals surface area contributed by atoms with Gasteiger partial charge in [-0.25, -0.2) is 4.79 Å². The van der Waals surface area contributed by atoms with Crippen molar-refractivity contribution in [3.8, 4) is 6.07 Å². The molecule has 20 heavy (non-hydrogen) atoms. The van der Waals surface area contributed by atoms with Crippen LogP contribution in [-0.2, 0) is 6.54 Å². The molecule has 1 aromatic carbocycles. The van der Waals surface area contributed by atoms with E-state index in [0.29, 0.717) is 12.1 Å². The van der Waals surface area contributed by atoms with Crippen molar-refractivity contribution in [3.63, 3.8) is 0 Å². The van der Waals surface area contributed by atoms with E-state index < -0.39 is 0 Å². The van der Waals surface area contributed by atoms with E-state index in [9.17, 15) is 4.79 Å². The SMILES string of the molecule is C[C@H]1CC2(NC(=O)NCc3cccc(C#N)c3)CC1C2. The van der Waals surface area contributed by atoms with Crippen LogP contribution in [0.2, 0.25) is 0 Å². The standard InChI is InChI=1S/C16H19N3O/c1-11-6-16(7-14(11)8-16)19-15(20)18-10-13-4-2-3-12(5-13)9-17/h2-5,11,14H,6-8,10H2,1H3,(H2,18,19,20)/t11-,14?,16?/m0/s1. The van der Waals surface area contributed by atoms with Gasteiger partial charge in [-0.05, 0) is 48.8 Å². The fourth-order valence-corrected chi connectivity index (χ4v) is 3.67. The largest absolute Gasteiger partial charge is 0.334 e. The normalized spacial score (nSPS) is 30.2. The van der Waals surface area contributed by atoms with Gasteiger partial charge in [0.2, 0.25) is 0 Å². The van der Waals surface area contributed by atoms with E-state index in [2.05, 4.69) is 23.6 Å². The summed E-state index contributed by atoms with van der Waals surface area (Å²) in [6.45, 7) is 2.73. The number of carbonyl (C=O) groups is 1. The summed E-state index contributed by atoms with van der Waals surface area (Å²) in [4.78, 5) is 12.0. The Hall–Kier alpha value is -2.02. The Kier molecular flexibility index (Phi) is 3.13. The Morgan fingerprint density at radius 1 is 1.45 bits per heavy atom. The molecule has 1 atom stereocenters. The van der Waals surface area contributed by atoms with Gasteiger partial charge in [-0.15, -0.1) is 0 Å². The molecule has 3 fully saturated rings. The first-order chi connectivity index (χ1) is 9.60. The molecule has 0 unspecified atom stereocenters. The zero-order valence-electron chi connectivity index (χ0n) is 11.6. The molecule has 4 nitrogen and oxygen atoms in total. The maximum absolute atomic E-state index is 12.0. The lowest BCUT2D eigenvalue weighted by atomic mass is 9.76. The van der Waals surface area contributed by atoms with Gasteiger partial charge >= 0.3 is 6.03 Å². The van der Waals surface area contributed by atoms with Crippen LogP contribution in [0.3, 0.4) is 0 Å². The molecule has 0 saturated heterocycles. The van der Waals surface area contributed by atoms with E-state index in [4.69, 9.17) is 5.26 Å². The number of hydrogen-bond donors (Lipinski definition) is 2.